The summed E-state index contributed by atoms with van der Waals surface area (Å²) in [7, 11) is 0. The maximum Gasteiger partial charge on any atom is 0.197 e. The number of rotatable bonds is 0. The predicted octanol–water partition coefficient (Wildman–Crippen LogP) is 1.09. The van der Waals surface area contributed by atoms with Crippen LogP contribution in [0.25, 0.3) is 0 Å². The van der Waals surface area contributed by atoms with Crippen LogP contribution in [0.4, 0.5) is 0 Å². The van der Waals surface area contributed by atoms with Crippen molar-refractivity contribution >= 4 is 35.7 Å². The molecule has 32 valence electrons. The van der Waals surface area contributed by atoms with E-state index in [1.807, 2.05) is 0 Å². The van der Waals surface area contributed by atoms with E-state index in [9.17, 15) is 0 Å². The predicted molar refractivity (Wildman–Crippen MR) is 24.7 cm³/mol. The van der Waals surface area contributed by atoms with E-state index >= 15 is 0 Å². The minimum absolute atomic E-state index is 0.194. The molecule has 0 aliphatic carbocycles. The first kappa shape index (κ1) is 9.14. The molecule has 0 atom stereocenters. The van der Waals surface area contributed by atoms with Crippen LogP contribution >= 0.6 is 23.2 Å². The van der Waals surface area contributed by atoms with Crippen molar-refractivity contribution in [3.05, 3.63) is 0 Å². The van der Waals surface area contributed by atoms with Gasteiger partial charge in [0.25, 0.3) is 0 Å². The molecule has 0 unspecified atom stereocenters. The lowest BCUT2D eigenvalue weighted by Gasteiger charge is -1.42. The van der Waals surface area contributed by atoms with Gasteiger partial charge in [0.2, 0.25) is 0 Å². The van der Waals surface area contributed by atoms with E-state index in [-0.39, 0.29) is 5.34 Å². The molecular formula is CH2Cl2OS. The van der Waals surface area contributed by atoms with Crippen LogP contribution in [-0.2, 0) is 12.5 Å². The van der Waals surface area contributed by atoms with Crippen LogP contribution in [-0.4, -0.2) is 9.55 Å². The Hall–Kier alpha value is 0.600. The third kappa shape index (κ3) is 86.4. The number of alkyl halides is 2. The summed E-state index contributed by atoms with van der Waals surface area (Å²) in [6.45, 7) is 0. The van der Waals surface area contributed by atoms with E-state index in [0.717, 1.165) is 0 Å². The second-order valence-corrected chi connectivity index (χ2v) is 0.909. The molecule has 0 spiro atoms. The molecule has 0 bridgehead atoms. The van der Waals surface area contributed by atoms with Crippen LogP contribution in [0.2, 0.25) is 0 Å². The van der Waals surface area contributed by atoms with Gasteiger partial charge in [-0.05, 0) is 0 Å². The molecule has 0 heterocycles. The quantitative estimate of drug-likeness (QED) is 0.460. The van der Waals surface area contributed by atoms with Crippen LogP contribution in [0, 0.1) is 0 Å². The Morgan fingerprint density at radius 3 is 1.40 bits per heavy atom. The molecule has 0 fully saturated rings. The molecular weight excluding hydrogens is 131 g/mol. The molecule has 0 aliphatic rings. The standard InChI is InChI=1S/CH2Cl2.OS/c2-1-3;1-2/h1H2;. The van der Waals surface area contributed by atoms with Crippen LogP contribution in [0.15, 0.2) is 0 Å². The second kappa shape index (κ2) is 23.3. The van der Waals surface area contributed by atoms with E-state index < -0.39 is 0 Å². The highest BCUT2D eigenvalue weighted by Gasteiger charge is 1.41. The van der Waals surface area contributed by atoms with Crippen molar-refractivity contribution in [2.75, 3.05) is 5.34 Å². The Bertz CT molecular complexity index is 13.6. The van der Waals surface area contributed by atoms with Crippen LogP contribution in [0.5, 0.6) is 0 Å². The van der Waals surface area contributed by atoms with Crippen LogP contribution in [0.1, 0.15) is 0 Å². The van der Waals surface area contributed by atoms with Crippen molar-refractivity contribution in [1.29, 1.82) is 0 Å². The topological polar surface area (TPSA) is 17.1 Å². The van der Waals surface area contributed by atoms with E-state index in [1.165, 1.54) is 0 Å². The molecule has 0 rings (SSSR count). The third-order valence-corrected chi connectivity index (χ3v) is 0. The van der Waals surface area contributed by atoms with Crippen molar-refractivity contribution in [3.63, 3.8) is 0 Å². The van der Waals surface area contributed by atoms with Gasteiger partial charge in [0, 0.05) is 0 Å². The van der Waals surface area contributed by atoms with Gasteiger partial charge in [0.05, 0.1) is 5.34 Å². The Morgan fingerprint density at radius 2 is 1.40 bits per heavy atom. The zero-order valence-corrected chi connectivity index (χ0v) is 4.61. The largest absolute Gasteiger partial charge is 0.197 e. The third-order valence-electron chi connectivity index (χ3n) is 0. The average Bonchev–Trinajstić information content (AvgIpc) is 1.46. The summed E-state index contributed by atoms with van der Waals surface area (Å²) in [5, 5.41) is 0.194. The van der Waals surface area contributed by atoms with E-state index in [2.05, 4.69) is 12.5 Å². The Morgan fingerprint density at radius 1 is 1.40 bits per heavy atom. The van der Waals surface area contributed by atoms with Crippen molar-refractivity contribution in [3.8, 4) is 0 Å². The number of halogens is 2. The van der Waals surface area contributed by atoms with Gasteiger partial charge >= 0.3 is 0 Å². The van der Waals surface area contributed by atoms with E-state index in [0.29, 0.717) is 0 Å². The van der Waals surface area contributed by atoms with Crippen molar-refractivity contribution in [1.82, 2.24) is 0 Å². The van der Waals surface area contributed by atoms with E-state index in [1.54, 1.807) is 0 Å². The summed E-state index contributed by atoms with van der Waals surface area (Å²) in [4.78, 5) is 0. The summed E-state index contributed by atoms with van der Waals surface area (Å²) >= 11 is 12.4. The molecule has 0 N–H and O–H groups in total. The first-order valence-corrected chi connectivity index (χ1v) is 2.10. The summed E-state index contributed by atoms with van der Waals surface area (Å²) in [5.74, 6) is 0. The summed E-state index contributed by atoms with van der Waals surface area (Å²) in [5.41, 5.74) is 0. The lowest BCUT2D eigenvalue weighted by molar-refractivity contribution is 0.702. The van der Waals surface area contributed by atoms with Gasteiger partial charge in [-0.25, -0.2) is 0 Å². The smallest absolute Gasteiger partial charge is 0.197 e. The van der Waals surface area contributed by atoms with Crippen LogP contribution in [0.3, 0.4) is 0 Å². The molecule has 0 aromatic rings. The monoisotopic (exact) mass is 132 g/mol. The van der Waals surface area contributed by atoms with Gasteiger partial charge in [0.1, 0.15) is 0 Å². The molecule has 0 saturated heterocycles. The minimum Gasteiger partial charge on any atom is -0.197 e. The maximum atomic E-state index is 7.83. The first-order chi connectivity index (χ1) is 2.41. The zero-order valence-electron chi connectivity index (χ0n) is 2.28. The van der Waals surface area contributed by atoms with Crippen molar-refractivity contribution in [2.24, 2.45) is 0 Å². The van der Waals surface area contributed by atoms with Gasteiger partial charge in [0.15, 0.2) is 12.5 Å². The Labute approximate surface area is 45.8 Å². The van der Waals surface area contributed by atoms with Crippen LogP contribution < -0.4 is 0 Å². The highest BCUT2D eigenvalue weighted by molar-refractivity contribution is 7.44. The van der Waals surface area contributed by atoms with Gasteiger partial charge in [-0.2, -0.15) is 4.21 Å². The molecule has 0 aromatic heterocycles. The maximum absolute atomic E-state index is 7.83. The molecule has 1 nitrogen and oxygen atoms in total. The summed E-state index contributed by atoms with van der Waals surface area (Å²) in [6, 6.07) is 0. The fraction of sp³-hybridized carbons (Fsp3) is 1.00. The van der Waals surface area contributed by atoms with Gasteiger partial charge in [-0.15, -0.1) is 23.2 Å². The lowest BCUT2D eigenvalue weighted by Crippen LogP contribution is -1.24. The fourth-order valence-corrected chi connectivity index (χ4v) is 0. The lowest BCUT2D eigenvalue weighted by atomic mass is 11.9. The van der Waals surface area contributed by atoms with Gasteiger partial charge < -0.3 is 0 Å². The normalized spacial score (nSPS) is 4.40. The number of hydrogen-bond acceptors (Lipinski definition) is 2. The molecule has 0 radical (unpaired) electrons. The number of hydrogen-bond donors (Lipinski definition) is 0. The minimum atomic E-state index is 0.194. The first-order valence-electron chi connectivity index (χ1n) is 0.701. The molecule has 0 aromatic carbocycles. The molecule has 0 aliphatic heterocycles. The fourth-order valence-electron chi connectivity index (χ4n) is 0. The SMILES string of the molecule is ClCCl.O=S. The molecule has 4 heteroatoms. The zero-order chi connectivity index (χ0) is 4.71. The second-order valence-electron chi connectivity index (χ2n) is 0.101. The highest BCUT2D eigenvalue weighted by atomic mass is 35.5. The highest BCUT2D eigenvalue weighted by Crippen LogP contribution is 1.73. The van der Waals surface area contributed by atoms with Gasteiger partial charge in [-0.3, -0.25) is 0 Å². The molecule has 0 amide bonds. The van der Waals surface area contributed by atoms with Crippen molar-refractivity contribution in [2.45, 2.75) is 0 Å². The Kier molecular flexibility index (Phi) is 42.6. The molecule has 5 heavy (non-hydrogen) atoms. The van der Waals surface area contributed by atoms with E-state index in [4.69, 9.17) is 27.4 Å². The summed E-state index contributed by atoms with van der Waals surface area (Å²) < 4.78 is 7.83. The van der Waals surface area contributed by atoms with Gasteiger partial charge in [-0.1, -0.05) is 0 Å². The molecule has 0 saturated carbocycles. The summed E-state index contributed by atoms with van der Waals surface area (Å²) in [6.07, 6.45) is 0. The van der Waals surface area contributed by atoms with Crippen molar-refractivity contribution < 1.29 is 4.21 Å². The Balaban J connectivity index is 0. The average molecular weight is 133 g/mol.